The van der Waals surface area contributed by atoms with Gasteiger partial charge in [-0.2, -0.15) is 0 Å². The summed E-state index contributed by atoms with van der Waals surface area (Å²) in [7, 11) is 0. The summed E-state index contributed by atoms with van der Waals surface area (Å²) in [5.74, 6) is 0. The van der Waals surface area contributed by atoms with Crippen LogP contribution in [0.1, 0.15) is 0 Å². The summed E-state index contributed by atoms with van der Waals surface area (Å²) in [5, 5.41) is 11.7. The molecule has 0 aliphatic carbocycles. The lowest BCUT2D eigenvalue weighted by Crippen LogP contribution is -1.91. The maximum absolute atomic E-state index is 2.42. The third-order valence-corrected chi connectivity index (χ3v) is 11.8. The monoisotopic (exact) mass is 618 g/mol. The first-order chi connectivity index (χ1) is 22.8. The molecule has 0 spiro atoms. The van der Waals surface area contributed by atoms with E-state index in [1.807, 2.05) is 22.7 Å². The van der Waals surface area contributed by atoms with Crippen LogP contribution < -0.4 is 0 Å². The van der Waals surface area contributed by atoms with Gasteiger partial charge in [0.1, 0.15) is 0 Å². The second-order valence-electron chi connectivity index (χ2n) is 12.0. The van der Waals surface area contributed by atoms with Crippen molar-refractivity contribution < 1.29 is 0 Å². The van der Waals surface area contributed by atoms with E-state index in [4.69, 9.17) is 0 Å². The highest BCUT2D eigenvalue weighted by Crippen LogP contribution is 2.49. The number of benzene rings is 8. The molecule has 2 heteroatoms. The molecule has 10 aromatic rings. The van der Waals surface area contributed by atoms with Crippen molar-refractivity contribution in [3.8, 4) is 32.7 Å². The molecule has 0 unspecified atom stereocenters. The quantitative estimate of drug-likeness (QED) is 0.173. The van der Waals surface area contributed by atoms with Gasteiger partial charge in [-0.15, -0.1) is 22.7 Å². The van der Waals surface area contributed by atoms with E-state index in [1.54, 1.807) is 0 Å². The number of fused-ring (bicyclic) bond motifs is 7. The van der Waals surface area contributed by atoms with Gasteiger partial charge >= 0.3 is 0 Å². The summed E-state index contributed by atoms with van der Waals surface area (Å²) < 4.78 is 4.03. The fraction of sp³-hybridized carbons (Fsp3) is 0. The Morgan fingerprint density at radius 1 is 0.326 bits per heavy atom. The third kappa shape index (κ3) is 3.84. The molecule has 8 aromatic carbocycles. The largest absolute Gasteiger partial charge is 0.135 e. The van der Waals surface area contributed by atoms with Gasteiger partial charge in [0.25, 0.3) is 0 Å². The lowest BCUT2D eigenvalue weighted by Gasteiger charge is -2.19. The Morgan fingerprint density at radius 3 is 1.63 bits per heavy atom. The van der Waals surface area contributed by atoms with Gasteiger partial charge in [0.15, 0.2) is 0 Å². The first kappa shape index (κ1) is 26.0. The van der Waals surface area contributed by atoms with Crippen LogP contribution in [-0.4, -0.2) is 0 Å². The highest BCUT2D eigenvalue weighted by Gasteiger charge is 2.20. The van der Waals surface area contributed by atoms with E-state index in [2.05, 4.69) is 158 Å². The Balaban J connectivity index is 1.26. The van der Waals surface area contributed by atoms with Crippen LogP contribution in [0.25, 0.3) is 95.3 Å². The van der Waals surface area contributed by atoms with Crippen LogP contribution in [0.3, 0.4) is 0 Å². The molecule has 0 radical (unpaired) electrons. The number of hydrogen-bond donors (Lipinski definition) is 0. The standard InChI is InChI=1S/C44H26S2/c1-2-13-28(14-3-1)39-24-29-25-41-38(26-40(29)45-39)36-22-11-23-37(44(36)46-41)43-34-19-8-6-17-32(34)42(33-18-7-9-20-35(33)43)31-21-10-15-27-12-4-5-16-30(27)31/h1-26H. The lowest BCUT2D eigenvalue weighted by atomic mass is 9.84. The van der Waals surface area contributed by atoms with Crippen LogP contribution in [0.4, 0.5) is 0 Å². The summed E-state index contributed by atoms with van der Waals surface area (Å²) in [6.45, 7) is 0. The van der Waals surface area contributed by atoms with E-state index in [-0.39, 0.29) is 0 Å². The molecule has 214 valence electrons. The van der Waals surface area contributed by atoms with E-state index in [0.717, 1.165) is 0 Å². The van der Waals surface area contributed by atoms with Crippen molar-refractivity contribution in [1.29, 1.82) is 0 Å². The van der Waals surface area contributed by atoms with Crippen molar-refractivity contribution in [2.24, 2.45) is 0 Å². The van der Waals surface area contributed by atoms with Crippen molar-refractivity contribution in [2.45, 2.75) is 0 Å². The Hall–Kier alpha value is -5.28. The molecule has 10 rings (SSSR count). The SMILES string of the molecule is c1ccc(-c2cc3cc4sc5c(-c6c7ccccc7c(-c7cccc8ccccc78)c7ccccc67)cccc5c4cc3s2)cc1. The topological polar surface area (TPSA) is 0 Å². The van der Waals surface area contributed by atoms with Gasteiger partial charge in [0.2, 0.25) is 0 Å². The zero-order valence-corrected chi connectivity index (χ0v) is 26.5. The van der Waals surface area contributed by atoms with E-state index in [0.29, 0.717) is 0 Å². The van der Waals surface area contributed by atoms with Gasteiger partial charge in [0, 0.05) is 35.3 Å². The van der Waals surface area contributed by atoms with Crippen molar-refractivity contribution in [3.05, 3.63) is 158 Å². The van der Waals surface area contributed by atoms with Crippen molar-refractivity contribution in [3.63, 3.8) is 0 Å². The Labute approximate surface area is 274 Å². The first-order valence-corrected chi connectivity index (χ1v) is 17.3. The minimum Gasteiger partial charge on any atom is -0.135 e. The number of thiophene rings is 2. The molecule has 0 bridgehead atoms. The smallest absolute Gasteiger partial charge is 0.0434 e. The zero-order valence-electron chi connectivity index (χ0n) is 24.8. The third-order valence-electron chi connectivity index (χ3n) is 9.45. The summed E-state index contributed by atoms with van der Waals surface area (Å²) in [4.78, 5) is 1.32. The zero-order chi connectivity index (χ0) is 30.2. The van der Waals surface area contributed by atoms with Crippen LogP contribution >= 0.6 is 22.7 Å². The molecule has 2 aromatic heterocycles. The van der Waals surface area contributed by atoms with Crippen molar-refractivity contribution in [2.75, 3.05) is 0 Å². The molecule has 0 nitrogen and oxygen atoms in total. The average Bonchev–Trinajstić information content (AvgIpc) is 3.70. The molecule has 0 atom stereocenters. The van der Waals surface area contributed by atoms with Crippen LogP contribution in [0.15, 0.2) is 158 Å². The fourth-order valence-electron chi connectivity index (χ4n) is 7.42. The lowest BCUT2D eigenvalue weighted by molar-refractivity contribution is 1.69. The molecule has 0 saturated carbocycles. The van der Waals surface area contributed by atoms with Crippen molar-refractivity contribution in [1.82, 2.24) is 0 Å². The second kappa shape index (κ2) is 10.1. The second-order valence-corrected chi connectivity index (χ2v) is 14.2. The van der Waals surface area contributed by atoms with E-state index in [1.165, 1.54) is 95.3 Å². The summed E-state index contributed by atoms with van der Waals surface area (Å²) in [6.07, 6.45) is 0. The van der Waals surface area contributed by atoms with E-state index < -0.39 is 0 Å². The highest BCUT2D eigenvalue weighted by molar-refractivity contribution is 7.27. The van der Waals surface area contributed by atoms with Gasteiger partial charge < -0.3 is 0 Å². The average molecular weight is 619 g/mol. The molecular formula is C44H26S2. The summed E-state index contributed by atoms with van der Waals surface area (Å²) >= 11 is 3.81. The molecule has 46 heavy (non-hydrogen) atoms. The molecule has 0 saturated heterocycles. The predicted octanol–water partition coefficient (Wildman–Crippen LogP) is 13.7. The molecule has 0 fully saturated rings. The van der Waals surface area contributed by atoms with Gasteiger partial charge in [-0.25, -0.2) is 0 Å². The van der Waals surface area contributed by atoms with Crippen LogP contribution in [-0.2, 0) is 0 Å². The Morgan fingerprint density at radius 2 is 0.891 bits per heavy atom. The normalized spacial score (nSPS) is 11.9. The van der Waals surface area contributed by atoms with Crippen LogP contribution in [0.5, 0.6) is 0 Å². The van der Waals surface area contributed by atoms with Crippen molar-refractivity contribution >= 4 is 85.2 Å². The maximum atomic E-state index is 2.42. The van der Waals surface area contributed by atoms with Gasteiger partial charge in [0.05, 0.1) is 0 Å². The predicted molar refractivity (Wildman–Crippen MR) is 204 cm³/mol. The maximum Gasteiger partial charge on any atom is 0.0434 e. The Bertz CT molecular complexity index is 2740. The van der Waals surface area contributed by atoms with Crippen LogP contribution in [0.2, 0.25) is 0 Å². The minimum absolute atomic E-state index is 1.27. The minimum atomic E-state index is 1.27. The fourth-order valence-corrected chi connectivity index (χ4v) is 9.77. The Kier molecular flexibility index (Phi) is 5.72. The molecule has 0 N–H and O–H groups in total. The summed E-state index contributed by atoms with van der Waals surface area (Å²) in [6, 6.07) is 58.3. The number of rotatable bonds is 3. The highest BCUT2D eigenvalue weighted by atomic mass is 32.1. The number of hydrogen-bond acceptors (Lipinski definition) is 2. The molecule has 2 heterocycles. The van der Waals surface area contributed by atoms with E-state index >= 15 is 0 Å². The van der Waals surface area contributed by atoms with Crippen LogP contribution in [0, 0.1) is 0 Å². The molecule has 0 aliphatic rings. The molecular weight excluding hydrogens is 593 g/mol. The van der Waals surface area contributed by atoms with Gasteiger partial charge in [-0.05, 0) is 78.2 Å². The van der Waals surface area contributed by atoms with Gasteiger partial charge in [-0.3, -0.25) is 0 Å². The van der Waals surface area contributed by atoms with E-state index in [9.17, 15) is 0 Å². The first-order valence-electron chi connectivity index (χ1n) is 15.7. The molecule has 0 amide bonds. The summed E-state index contributed by atoms with van der Waals surface area (Å²) in [5.41, 5.74) is 6.51. The molecule has 0 aliphatic heterocycles. The van der Waals surface area contributed by atoms with Gasteiger partial charge in [-0.1, -0.05) is 140 Å².